The summed E-state index contributed by atoms with van der Waals surface area (Å²) < 4.78 is 0. The van der Waals surface area contributed by atoms with Crippen molar-refractivity contribution in [2.75, 3.05) is 11.4 Å². The molecule has 1 atom stereocenters. The SMILES string of the molecule is Cc1cc(C)c([C@@H]2CCN=C3Sc4ccccc4N32)c(C)c1. The molecule has 4 rings (SSSR count). The fourth-order valence-corrected chi connectivity index (χ4v) is 4.90. The third kappa shape index (κ3) is 2.07. The number of hydrogen-bond donors (Lipinski definition) is 0. The molecular formula is C19H20N2S. The predicted molar refractivity (Wildman–Crippen MR) is 95.1 cm³/mol. The predicted octanol–water partition coefficient (Wildman–Crippen LogP) is 5.02. The maximum Gasteiger partial charge on any atom is 0.169 e. The van der Waals surface area contributed by atoms with Gasteiger partial charge in [0.25, 0.3) is 0 Å². The van der Waals surface area contributed by atoms with Gasteiger partial charge >= 0.3 is 0 Å². The van der Waals surface area contributed by atoms with Gasteiger partial charge in [0.2, 0.25) is 0 Å². The Morgan fingerprint density at radius 1 is 1.09 bits per heavy atom. The number of nitrogens with zero attached hydrogens (tertiary/aromatic N) is 2. The van der Waals surface area contributed by atoms with Crippen LogP contribution < -0.4 is 4.90 Å². The van der Waals surface area contributed by atoms with Gasteiger partial charge in [-0.2, -0.15) is 0 Å². The van der Waals surface area contributed by atoms with E-state index < -0.39 is 0 Å². The van der Waals surface area contributed by atoms with Crippen molar-refractivity contribution in [3.8, 4) is 0 Å². The molecule has 0 radical (unpaired) electrons. The van der Waals surface area contributed by atoms with E-state index in [1.165, 1.54) is 32.8 Å². The summed E-state index contributed by atoms with van der Waals surface area (Å²) >= 11 is 1.81. The molecule has 2 nitrogen and oxygen atoms in total. The highest BCUT2D eigenvalue weighted by atomic mass is 32.2. The average molecular weight is 308 g/mol. The number of thioether (sulfide) groups is 1. The molecule has 0 fully saturated rings. The zero-order chi connectivity index (χ0) is 15.3. The van der Waals surface area contributed by atoms with Gasteiger partial charge in [-0.1, -0.05) is 29.8 Å². The van der Waals surface area contributed by atoms with Crippen LogP contribution in [0, 0.1) is 20.8 Å². The number of hydrogen-bond acceptors (Lipinski definition) is 3. The minimum Gasteiger partial charge on any atom is -0.312 e. The van der Waals surface area contributed by atoms with Crippen LogP contribution >= 0.6 is 11.8 Å². The number of aryl methyl sites for hydroxylation is 3. The van der Waals surface area contributed by atoms with Crippen molar-refractivity contribution < 1.29 is 0 Å². The van der Waals surface area contributed by atoms with Crippen LogP contribution in [0.2, 0.25) is 0 Å². The standard InChI is InChI=1S/C19H20N2S/c1-12-10-13(2)18(14(3)11-12)16-8-9-20-19-21(16)15-6-4-5-7-17(15)22-19/h4-7,10-11,16H,8-9H2,1-3H3/t16-/m0/s1. The first kappa shape index (κ1) is 13.9. The van der Waals surface area contributed by atoms with Gasteiger partial charge in [-0.15, -0.1) is 0 Å². The maximum atomic E-state index is 4.76. The molecule has 0 saturated heterocycles. The van der Waals surface area contributed by atoms with E-state index in [0.717, 1.165) is 18.1 Å². The average Bonchev–Trinajstić information content (AvgIpc) is 2.85. The summed E-state index contributed by atoms with van der Waals surface area (Å²) in [7, 11) is 0. The minimum atomic E-state index is 0.407. The van der Waals surface area contributed by atoms with Gasteiger partial charge in [-0.25, -0.2) is 0 Å². The molecule has 2 aliphatic heterocycles. The van der Waals surface area contributed by atoms with E-state index >= 15 is 0 Å². The van der Waals surface area contributed by atoms with Gasteiger partial charge in [0.15, 0.2) is 5.17 Å². The molecule has 2 aromatic rings. The lowest BCUT2D eigenvalue weighted by molar-refractivity contribution is 0.624. The van der Waals surface area contributed by atoms with Crippen LogP contribution in [0.4, 0.5) is 5.69 Å². The first-order chi connectivity index (χ1) is 10.6. The lowest BCUT2D eigenvalue weighted by Gasteiger charge is -2.35. The molecule has 112 valence electrons. The Morgan fingerprint density at radius 3 is 2.59 bits per heavy atom. The fourth-order valence-electron chi connectivity index (χ4n) is 3.80. The molecule has 2 aliphatic rings. The molecule has 0 spiro atoms. The molecule has 2 heterocycles. The van der Waals surface area contributed by atoms with Crippen molar-refractivity contribution in [2.24, 2.45) is 4.99 Å². The third-order valence-corrected chi connectivity index (χ3v) is 5.64. The Labute approximate surface area is 136 Å². The Balaban J connectivity index is 1.86. The highest BCUT2D eigenvalue weighted by Crippen LogP contribution is 2.48. The molecule has 0 amide bonds. The second-order valence-electron chi connectivity index (χ2n) is 6.22. The van der Waals surface area contributed by atoms with E-state index in [0.29, 0.717) is 6.04 Å². The number of para-hydroxylation sites is 1. The number of amidine groups is 1. The van der Waals surface area contributed by atoms with Gasteiger partial charge in [-0.05, 0) is 67.8 Å². The quantitative estimate of drug-likeness (QED) is 0.734. The number of anilines is 1. The highest BCUT2D eigenvalue weighted by molar-refractivity contribution is 8.14. The zero-order valence-electron chi connectivity index (χ0n) is 13.3. The van der Waals surface area contributed by atoms with Crippen molar-refractivity contribution in [2.45, 2.75) is 38.1 Å². The van der Waals surface area contributed by atoms with Gasteiger partial charge in [0, 0.05) is 11.4 Å². The van der Waals surface area contributed by atoms with E-state index in [9.17, 15) is 0 Å². The molecule has 0 saturated carbocycles. The molecule has 0 aromatic heterocycles. The van der Waals surface area contributed by atoms with Crippen LogP contribution in [0.1, 0.15) is 34.7 Å². The molecule has 3 heteroatoms. The number of fused-ring (bicyclic) bond motifs is 3. The number of rotatable bonds is 1. The molecule has 0 N–H and O–H groups in total. The molecule has 2 aromatic carbocycles. The Hall–Kier alpha value is -1.74. The van der Waals surface area contributed by atoms with E-state index in [4.69, 9.17) is 4.99 Å². The van der Waals surface area contributed by atoms with Crippen LogP contribution in [0.5, 0.6) is 0 Å². The molecule has 22 heavy (non-hydrogen) atoms. The van der Waals surface area contributed by atoms with Crippen molar-refractivity contribution in [1.29, 1.82) is 0 Å². The van der Waals surface area contributed by atoms with E-state index in [2.05, 4.69) is 62.1 Å². The molecule has 0 aliphatic carbocycles. The van der Waals surface area contributed by atoms with Gasteiger partial charge in [0.1, 0.15) is 0 Å². The Bertz CT molecular complexity index is 756. The molecule has 0 bridgehead atoms. The second kappa shape index (κ2) is 5.17. The van der Waals surface area contributed by atoms with Crippen molar-refractivity contribution in [3.63, 3.8) is 0 Å². The monoisotopic (exact) mass is 308 g/mol. The topological polar surface area (TPSA) is 15.6 Å². The van der Waals surface area contributed by atoms with Crippen LogP contribution in [0.15, 0.2) is 46.3 Å². The van der Waals surface area contributed by atoms with Crippen molar-refractivity contribution in [1.82, 2.24) is 0 Å². The van der Waals surface area contributed by atoms with Crippen molar-refractivity contribution in [3.05, 3.63) is 58.7 Å². The van der Waals surface area contributed by atoms with E-state index in [-0.39, 0.29) is 0 Å². The van der Waals surface area contributed by atoms with Crippen LogP contribution in [0.25, 0.3) is 0 Å². The summed E-state index contributed by atoms with van der Waals surface area (Å²) in [6.07, 6.45) is 1.09. The summed E-state index contributed by atoms with van der Waals surface area (Å²) in [5, 5.41) is 1.16. The lowest BCUT2D eigenvalue weighted by Crippen LogP contribution is -2.35. The van der Waals surface area contributed by atoms with Gasteiger partial charge in [0.05, 0.1) is 11.7 Å². The summed E-state index contributed by atoms with van der Waals surface area (Å²) in [5.41, 5.74) is 6.95. The number of benzene rings is 2. The zero-order valence-corrected chi connectivity index (χ0v) is 14.1. The van der Waals surface area contributed by atoms with E-state index in [1.807, 2.05) is 11.8 Å². The third-order valence-electron chi connectivity index (χ3n) is 4.56. The van der Waals surface area contributed by atoms with Crippen molar-refractivity contribution >= 4 is 22.6 Å². The largest absolute Gasteiger partial charge is 0.312 e. The smallest absolute Gasteiger partial charge is 0.169 e. The lowest BCUT2D eigenvalue weighted by atomic mass is 9.90. The van der Waals surface area contributed by atoms with Crippen LogP contribution in [-0.4, -0.2) is 11.7 Å². The summed E-state index contributed by atoms with van der Waals surface area (Å²) in [4.78, 5) is 8.55. The Morgan fingerprint density at radius 2 is 1.82 bits per heavy atom. The normalized spacial score (nSPS) is 19.7. The Kier molecular flexibility index (Phi) is 3.26. The highest BCUT2D eigenvalue weighted by Gasteiger charge is 2.36. The fraction of sp³-hybridized carbons (Fsp3) is 0.316. The summed E-state index contributed by atoms with van der Waals surface area (Å²) in [6, 6.07) is 13.7. The summed E-state index contributed by atoms with van der Waals surface area (Å²) in [6.45, 7) is 7.59. The van der Waals surface area contributed by atoms with E-state index in [1.54, 1.807) is 0 Å². The molecular weight excluding hydrogens is 288 g/mol. The minimum absolute atomic E-state index is 0.407. The first-order valence-electron chi connectivity index (χ1n) is 7.83. The summed E-state index contributed by atoms with van der Waals surface area (Å²) in [5.74, 6) is 0. The maximum absolute atomic E-state index is 4.76. The van der Waals surface area contributed by atoms with Gasteiger partial charge < -0.3 is 4.90 Å². The van der Waals surface area contributed by atoms with Crippen LogP contribution in [0.3, 0.4) is 0 Å². The molecule has 0 unspecified atom stereocenters. The number of aliphatic imine (C=N–C) groups is 1. The van der Waals surface area contributed by atoms with Crippen LogP contribution in [-0.2, 0) is 0 Å². The first-order valence-corrected chi connectivity index (χ1v) is 8.65. The second-order valence-corrected chi connectivity index (χ2v) is 7.23. The van der Waals surface area contributed by atoms with Gasteiger partial charge in [-0.3, -0.25) is 4.99 Å².